The minimum atomic E-state index is -0.427. The maximum absolute atomic E-state index is 12.5. The normalized spacial score (nSPS) is 14.4. The van der Waals surface area contributed by atoms with Gasteiger partial charge >= 0.3 is 0 Å². The number of carbonyl (C=O) groups excluding carboxylic acids is 2. The van der Waals surface area contributed by atoms with E-state index in [0.29, 0.717) is 11.8 Å². The SMILES string of the molecule is CCCCCCCCC(CCCCC)C(C)ONC(=O)CC(=O)NOC(C)C(CCCCC)CCCCCCCC. The molecule has 0 spiro atoms. The van der Waals surface area contributed by atoms with Gasteiger partial charge in [-0.2, -0.15) is 0 Å². The highest BCUT2D eigenvalue weighted by molar-refractivity contribution is 5.95. The quantitative estimate of drug-likeness (QED) is 0.0502. The number of hydroxylamine groups is 2. The lowest BCUT2D eigenvalue weighted by atomic mass is 9.90. The number of hydrogen-bond acceptors (Lipinski definition) is 4. The van der Waals surface area contributed by atoms with Gasteiger partial charge in [-0.3, -0.25) is 19.3 Å². The van der Waals surface area contributed by atoms with E-state index in [4.69, 9.17) is 9.68 Å². The molecule has 6 nitrogen and oxygen atoms in total. The lowest BCUT2D eigenvalue weighted by Crippen LogP contribution is -2.37. The summed E-state index contributed by atoms with van der Waals surface area (Å²) in [6.07, 6.45) is 26.6. The Morgan fingerprint density at radius 2 is 0.732 bits per heavy atom. The lowest BCUT2D eigenvalue weighted by molar-refractivity contribution is -0.150. The van der Waals surface area contributed by atoms with Crippen LogP contribution in [0.4, 0.5) is 0 Å². The molecular formula is C35H70N2O4. The molecule has 0 saturated carbocycles. The molecule has 6 heteroatoms. The largest absolute Gasteiger partial charge is 0.272 e. The topological polar surface area (TPSA) is 76.7 Å². The van der Waals surface area contributed by atoms with Crippen LogP contribution in [0.15, 0.2) is 0 Å². The molecule has 0 aromatic heterocycles. The predicted octanol–water partition coefficient (Wildman–Crippen LogP) is 10.1. The summed E-state index contributed by atoms with van der Waals surface area (Å²) in [6, 6.07) is 0. The van der Waals surface area contributed by atoms with Gasteiger partial charge < -0.3 is 0 Å². The maximum atomic E-state index is 12.5. The van der Waals surface area contributed by atoms with Crippen LogP contribution >= 0.6 is 0 Å². The van der Waals surface area contributed by atoms with Crippen molar-refractivity contribution < 1.29 is 19.3 Å². The fraction of sp³-hybridized carbons (Fsp3) is 0.943. The van der Waals surface area contributed by atoms with Crippen molar-refractivity contribution in [2.24, 2.45) is 11.8 Å². The number of rotatable bonds is 30. The van der Waals surface area contributed by atoms with E-state index in [1.165, 1.54) is 116 Å². The third kappa shape index (κ3) is 24.0. The van der Waals surface area contributed by atoms with Crippen LogP contribution in [-0.4, -0.2) is 24.0 Å². The first-order valence-corrected chi connectivity index (χ1v) is 17.8. The Labute approximate surface area is 255 Å². The van der Waals surface area contributed by atoms with Gasteiger partial charge in [-0.1, -0.05) is 143 Å². The third-order valence-corrected chi connectivity index (χ3v) is 8.58. The second kappa shape index (κ2) is 29.0. The first-order valence-electron chi connectivity index (χ1n) is 17.8. The van der Waals surface area contributed by atoms with E-state index in [-0.39, 0.29) is 18.6 Å². The monoisotopic (exact) mass is 583 g/mol. The average Bonchev–Trinajstić information content (AvgIpc) is 2.96. The van der Waals surface area contributed by atoms with Gasteiger partial charge in [0.1, 0.15) is 6.42 Å². The van der Waals surface area contributed by atoms with Crippen molar-refractivity contribution >= 4 is 11.8 Å². The molecule has 0 rings (SSSR count). The zero-order valence-corrected chi connectivity index (χ0v) is 28.2. The van der Waals surface area contributed by atoms with Crippen molar-refractivity contribution in [1.82, 2.24) is 11.0 Å². The molecule has 2 amide bonds. The molecule has 0 aliphatic carbocycles. The van der Waals surface area contributed by atoms with E-state index in [2.05, 4.69) is 38.7 Å². The van der Waals surface area contributed by atoms with Crippen LogP contribution in [0.1, 0.15) is 189 Å². The Balaban J connectivity index is 4.51. The summed E-state index contributed by atoms with van der Waals surface area (Å²) in [5.74, 6) is -0.0160. The fourth-order valence-corrected chi connectivity index (χ4v) is 5.64. The van der Waals surface area contributed by atoms with Crippen LogP contribution in [0.3, 0.4) is 0 Å². The minimum Gasteiger partial charge on any atom is -0.272 e. The van der Waals surface area contributed by atoms with E-state index >= 15 is 0 Å². The summed E-state index contributed by atoms with van der Waals surface area (Å²) >= 11 is 0. The first kappa shape index (κ1) is 39.9. The Morgan fingerprint density at radius 3 is 1.07 bits per heavy atom. The van der Waals surface area contributed by atoms with E-state index in [1.54, 1.807) is 0 Å². The van der Waals surface area contributed by atoms with Crippen LogP contribution < -0.4 is 11.0 Å². The number of amides is 2. The number of carbonyl (C=O) groups is 2. The lowest BCUT2D eigenvalue weighted by Gasteiger charge is -2.25. The number of unbranched alkanes of at least 4 members (excludes halogenated alkanes) is 14. The predicted molar refractivity (Wildman–Crippen MR) is 173 cm³/mol. The molecule has 0 aromatic carbocycles. The van der Waals surface area contributed by atoms with Crippen molar-refractivity contribution in [1.29, 1.82) is 0 Å². The second-order valence-corrected chi connectivity index (χ2v) is 12.5. The fourth-order valence-electron chi connectivity index (χ4n) is 5.64. The van der Waals surface area contributed by atoms with E-state index in [1.807, 2.05) is 13.8 Å². The van der Waals surface area contributed by atoms with E-state index in [0.717, 1.165) is 25.7 Å². The van der Waals surface area contributed by atoms with Gasteiger partial charge in [0.15, 0.2) is 0 Å². The number of nitrogens with one attached hydrogen (secondary N) is 2. The van der Waals surface area contributed by atoms with Crippen LogP contribution in [0.2, 0.25) is 0 Å². The molecule has 4 unspecified atom stereocenters. The molecule has 0 bridgehead atoms. The van der Waals surface area contributed by atoms with Gasteiger partial charge in [0, 0.05) is 0 Å². The van der Waals surface area contributed by atoms with Gasteiger partial charge in [0.2, 0.25) is 0 Å². The van der Waals surface area contributed by atoms with Gasteiger partial charge in [-0.05, 0) is 51.4 Å². The molecule has 244 valence electrons. The molecule has 2 N–H and O–H groups in total. The molecule has 0 heterocycles. The molecule has 0 saturated heterocycles. The molecule has 0 aromatic rings. The maximum Gasteiger partial charge on any atom is 0.253 e. The summed E-state index contributed by atoms with van der Waals surface area (Å²) < 4.78 is 0. The first-order chi connectivity index (χ1) is 19.9. The Hall–Kier alpha value is -1.14. The van der Waals surface area contributed by atoms with Crippen LogP contribution in [-0.2, 0) is 19.3 Å². The Morgan fingerprint density at radius 1 is 0.463 bits per heavy atom. The highest BCUT2D eigenvalue weighted by Crippen LogP contribution is 2.24. The van der Waals surface area contributed by atoms with Crippen molar-refractivity contribution in [3.05, 3.63) is 0 Å². The summed E-state index contributed by atoms with van der Waals surface area (Å²) in [7, 11) is 0. The molecule has 0 aliphatic rings. The van der Waals surface area contributed by atoms with Crippen molar-refractivity contribution in [2.45, 2.75) is 201 Å². The summed E-state index contributed by atoms with van der Waals surface area (Å²) in [5, 5.41) is 0. The zero-order valence-electron chi connectivity index (χ0n) is 28.2. The van der Waals surface area contributed by atoms with E-state index < -0.39 is 11.8 Å². The third-order valence-electron chi connectivity index (χ3n) is 8.58. The Bertz CT molecular complexity index is 551. The molecule has 41 heavy (non-hydrogen) atoms. The minimum absolute atomic E-state index is 0.0726. The van der Waals surface area contributed by atoms with Crippen LogP contribution in [0, 0.1) is 11.8 Å². The Kier molecular flexibility index (Phi) is 28.2. The van der Waals surface area contributed by atoms with Gasteiger partial charge in [0.25, 0.3) is 11.8 Å². The van der Waals surface area contributed by atoms with Gasteiger partial charge in [-0.15, -0.1) is 0 Å². The highest BCUT2D eigenvalue weighted by Gasteiger charge is 2.21. The highest BCUT2D eigenvalue weighted by atomic mass is 16.7. The van der Waals surface area contributed by atoms with E-state index in [9.17, 15) is 9.59 Å². The smallest absolute Gasteiger partial charge is 0.253 e. The van der Waals surface area contributed by atoms with Crippen molar-refractivity contribution in [3.63, 3.8) is 0 Å². The molecule has 0 radical (unpaired) electrons. The summed E-state index contributed by atoms with van der Waals surface area (Å²) in [6.45, 7) is 13.0. The average molecular weight is 583 g/mol. The molecule has 0 fully saturated rings. The summed E-state index contributed by atoms with van der Waals surface area (Å²) in [5.41, 5.74) is 5.08. The van der Waals surface area contributed by atoms with Gasteiger partial charge in [-0.25, -0.2) is 11.0 Å². The molecule has 4 atom stereocenters. The van der Waals surface area contributed by atoms with Crippen LogP contribution in [0.5, 0.6) is 0 Å². The molecular weight excluding hydrogens is 512 g/mol. The van der Waals surface area contributed by atoms with Gasteiger partial charge in [0.05, 0.1) is 12.2 Å². The number of hydrogen-bond donors (Lipinski definition) is 2. The second-order valence-electron chi connectivity index (χ2n) is 12.5. The zero-order chi connectivity index (χ0) is 30.6. The standard InChI is InChI=1S/C35H70N2O4/c1-7-11-15-17-19-23-27-32(25-21-13-9-3)30(5)40-36-34(38)29-35(39)37-41-31(6)33(26-22-14-10-4)28-24-20-18-16-12-8-2/h30-33H,7-29H2,1-6H3,(H,36,38)(H,37,39). The summed E-state index contributed by atoms with van der Waals surface area (Å²) in [4.78, 5) is 36.4. The van der Waals surface area contributed by atoms with Crippen molar-refractivity contribution in [3.8, 4) is 0 Å². The van der Waals surface area contributed by atoms with Crippen LogP contribution in [0.25, 0.3) is 0 Å². The van der Waals surface area contributed by atoms with Crippen molar-refractivity contribution in [2.75, 3.05) is 0 Å². The molecule has 0 aliphatic heterocycles.